The molecule has 0 aromatic heterocycles. The van der Waals surface area contributed by atoms with Crippen LogP contribution >= 0.6 is 0 Å². The van der Waals surface area contributed by atoms with Gasteiger partial charge in [-0.15, -0.1) is 0 Å². The molecule has 2 aliphatic rings. The van der Waals surface area contributed by atoms with Crippen molar-refractivity contribution in [3.63, 3.8) is 0 Å². The van der Waals surface area contributed by atoms with Gasteiger partial charge in [-0.2, -0.15) is 30.7 Å². The molecular weight excluding hydrogens is 510 g/mol. The van der Waals surface area contributed by atoms with Gasteiger partial charge in [0, 0.05) is 17.6 Å². The van der Waals surface area contributed by atoms with Crippen LogP contribution in [0.5, 0.6) is 0 Å². The quantitative estimate of drug-likeness (QED) is 0.395. The summed E-state index contributed by atoms with van der Waals surface area (Å²) in [5.74, 6) is -1.67. The lowest BCUT2D eigenvalue weighted by molar-refractivity contribution is -0.280. The van der Waals surface area contributed by atoms with Gasteiger partial charge in [0.05, 0.1) is 6.54 Å². The van der Waals surface area contributed by atoms with E-state index in [2.05, 4.69) is 4.74 Å². The summed E-state index contributed by atoms with van der Waals surface area (Å²) in [5, 5.41) is 9.92. The topological polar surface area (TPSA) is 32.7 Å². The van der Waals surface area contributed by atoms with Crippen molar-refractivity contribution < 1.29 is 45.0 Å². The van der Waals surface area contributed by atoms with E-state index in [-0.39, 0.29) is 12.8 Å². The average molecular weight is 533 g/mol. The van der Waals surface area contributed by atoms with Gasteiger partial charge in [0.15, 0.2) is 6.10 Å². The molecule has 0 saturated carbocycles. The Kier molecular flexibility index (Phi) is 7.55. The Morgan fingerprint density at radius 3 is 2.46 bits per heavy atom. The van der Waals surface area contributed by atoms with Crippen molar-refractivity contribution in [1.29, 1.82) is 0 Å². The highest BCUT2D eigenvalue weighted by molar-refractivity contribution is 5.76. The lowest BCUT2D eigenvalue weighted by Gasteiger charge is -2.44. The second-order valence-corrected chi connectivity index (χ2v) is 8.96. The summed E-state index contributed by atoms with van der Waals surface area (Å²) in [6.45, 7) is -0.842. The SMILES string of the molecule is O[C@@H](CN1c2cccc(-c3cccc(F)c3)c2CC[C@@H]1C1C=C(OC(F)(F)C(F)F)C=CC1)C(F)(F)F. The van der Waals surface area contributed by atoms with Crippen molar-refractivity contribution in [2.45, 2.75) is 50.1 Å². The number of halogens is 8. The fraction of sp³-hybridized carbons (Fsp3) is 0.385. The van der Waals surface area contributed by atoms with Crippen LogP contribution in [0, 0.1) is 11.7 Å². The average Bonchev–Trinajstić information content (AvgIpc) is 2.83. The standard InChI is InChI=1S/C26H23F8NO2/c27-17-6-1-4-15(12-17)19-8-3-9-22-20(19)10-11-21(35(22)14-23(36)25(30,31)32)16-5-2-7-18(13-16)37-26(33,34)24(28)29/h1-4,6-9,12-13,16,21,23-24,36H,5,10-11,14H2/t16?,21-,23+/m1/s1. The summed E-state index contributed by atoms with van der Waals surface area (Å²) < 4.78 is 110. The molecule has 0 fully saturated rings. The zero-order valence-corrected chi connectivity index (χ0v) is 19.2. The highest BCUT2D eigenvalue weighted by atomic mass is 19.4. The number of β-amino-alcohol motifs (C(OH)–C–C–N with tert-alkyl or cyclic N) is 1. The maximum Gasteiger partial charge on any atom is 0.461 e. The van der Waals surface area contributed by atoms with E-state index in [0.717, 1.165) is 6.08 Å². The predicted molar refractivity (Wildman–Crippen MR) is 121 cm³/mol. The largest absolute Gasteiger partial charge is 0.461 e. The molecule has 2 aromatic rings. The Balaban J connectivity index is 1.72. The van der Waals surface area contributed by atoms with Crippen molar-refractivity contribution in [3.8, 4) is 11.1 Å². The van der Waals surface area contributed by atoms with Crippen LogP contribution in [0.4, 0.5) is 40.8 Å². The molecular formula is C26H23F8NO2. The second kappa shape index (κ2) is 10.4. The fourth-order valence-corrected chi connectivity index (χ4v) is 4.84. The van der Waals surface area contributed by atoms with Crippen molar-refractivity contribution in [2.24, 2.45) is 5.92 Å². The van der Waals surface area contributed by atoms with Gasteiger partial charge < -0.3 is 14.7 Å². The smallest absolute Gasteiger partial charge is 0.429 e. The molecule has 1 unspecified atom stereocenters. The van der Waals surface area contributed by atoms with Crippen LogP contribution in [0.2, 0.25) is 0 Å². The molecule has 1 heterocycles. The van der Waals surface area contributed by atoms with E-state index in [1.54, 1.807) is 24.3 Å². The molecule has 200 valence electrons. The number of nitrogens with zero attached hydrogens (tertiary/aromatic N) is 1. The second-order valence-electron chi connectivity index (χ2n) is 8.96. The first-order chi connectivity index (χ1) is 17.4. The Labute approximate surface area is 207 Å². The molecule has 0 spiro atoms. The predicted octanol–water partition coefficient (Wildman–Crippen LogP) is 6.87. The first-order valence-electron chi connectivity index (χ1n) is 11.5. The number of hydrogen-bond acceptors (Lipinski definition) is 3. The van der Waals surface area contributed by atoms with Gasteiger partial charge >= 0.3 is 18.7 Å². The van der Waals surface area contributed by atoms with E-state index in [4.69, 9.17) is 0 Å². The molecule has 4 rings (SSSR count). The van der Waals surface area contributed by atoms with Gasteiger partial charge in [0.1, 0.15) is 11.6 Å². The van der Waals surface area contributed by atoms with E-state index in [1.165, 1.54) is 35.3 Å². The lowest BCUT2D eigenvalue weighted by atomic mass is 9.81. The number of alkyl halides is 7. The third-order valence-electron chi connectivity index (χ3n) is 6.51. The summed E-state index contributed by atoms with van der Waals surface area (Å²) in [6, 6.07) is 9.95. The van der Waals surface area contributed by atoms with Crippen LogP contribution in [-0.4, -0.2) is 42.5 Å². The van der Waals surface area contributed by atoms with Gasteiger partial charge in [-0.25, -0.2) is 4.39 Å². The van der Waals surface area contributed by atoms with E-state index in [9.17, 15) is 40.2 Å². The van der Waals surface area contributed by atoms with E-state index in [0.29, 0.717) is 28.8 Å². The molecule has 0 amide bonds. The van der Waals surface area contributed by atoms with Gasteiger partial charge in [0.25, 0.3) is 0 Å². The van der Waals surface area contributed by atoms with E-state index in [1.807, 2.05) is 0 Å². The van der Waals surface area contributed by atoms with Crippen LogP contribution in [0.1, 0.15) is 18.4 Å². The number of fused-ring (bicyclic) bond motifs is 1. The van der Waals surface area contributed by atoms with Crippen LogP contribution in [0.25, 0.3) is 11.1 Å². The highest BCUT2D eigenvalue weighted by Gasteiger charge is 2.45. The number of allylic oxidation sites excluding steroid dienone is 2. The Morgan fingerprint density at radius 1 is 1.05 bits per heavy atom. The zero-order chi connectivity index (χ0) is 27.0. The molecule has 2 aromatic carbocycles. The highest BCUT2D eigenvalue weighted by Crippen LogP contribution is 2.42. The monoisotopic (exact) mass is 533 g/mol. The number of aliphatic hydroxyl groups is 1. The maximum absolute atomic E-state index is 13.9. The molecule has 3 atom stereocenters. The van der Waals surface area contributed by atoms with Gasteiger partial charge in [-0.3, -0.25) is 0 Å². The minimum absolute atomic E-state index is 0.231. The molecule has 1 N–H and O–H groups in total. The minimum atomic E-state index is -4.92. The number of benzene rings is 2. The lowest BCUT2D eigenvalue weighted by Crippen LogP contribution is -2.50. The number of hydrogen-bond donors (Lipinski definition) is 1. The van der Waals surface area contributed by atoms with Crippen molar-refractivity contribution in [1.82, 2.24) is 0 Å². The summed E-state index contributed by atoms with van der Waals surface area (Å²) >= 11 is 0. The molecule has 1 aliphatic carbocycles. The van der Waals surface area contributed by atoms with E-state index < -0.39 is 54.9 Å². The van der Waals surface area contributed by atoms with Crippen LogP contribution in [0.15, 0.2) is 66.5 Å². The Bertz CT molecular complexity index is 1180. The van der Waals surface area contributed by atoms with Crippen molar-refractivity contribution >= 4 is 5.69 Å². The fourth-order valence-electron chi connectivity index (χ4n) is 4.84. The first kappa shape index (κ1) is 27.0. The normalized spacial score (nSPS) is 21.0. The Hall–Kier alpha value is -3.08. The van der Waals surface area contributed by atoms with Crippen LogP contribution in [-0.2, 0) is 11.2 Å². The Morgan fingerprint density at radius 2 is 1.78 bits per heavy atom. The van der Waals surface area contributed by atoms with Gasteiger partial charge in [-0.05, 0) is 66.3 Å². The zero-order valence-electron chi connectivity index (χ0n) is 19.2. The molecule has 3 nitrogen and oxygen atoms in total. The molecule has 1 aliphatic heterocycles. The van der Waals surface area contributed by atoms with Gasteiger partial charge in [0.2, 0.25) is 0 Å². The number of aliphatic hydroxyl groups excluding tert-OH is 1. The van der Waals surface area contributed by atoms with Gasteiger partial charge in [-0.1, -0.05) is 30.3 Å². The summed E-state index contributed by atoms with van der Waals surface area (Å²) in [7, 11) is 0. The third kappa shape index (κ3) is 5.92. The summed E-state index contributed by atoms with van der Waals surface area (Å²) in [5.41, 5.74) is 2.16. The summed E-state index contributed by atoms with van der Waals surface area (Å²) in [6.07, 6.45) is -11.8. The van der Waals surface area contributed by atoms with Crippen molar-refractivity contribution in [2.75, 3.05) is 11.4 Å². The van der Waals surface area contributed by atoms with Crippen LogP contribution in [0.3, 0.4) is 0 Å². The summed E-state index contributed by atoms with van der Waals surface area (Å²) in [4.78, 5) is 1.36. The first-order valence-corrected chi connectivity index (χ1v) is 11.5. The number of rotatable bonds is 7. The maximum atomic E-state index is 13.9. The third-order valence-corrected chi connectivity index (χ3v) is 6.51. The molecule has 0 bridgehead atoms. The molecule has 37 heavy (non-hydrogen) atoms. The molecule has 11 heteroatoms. The molecule has 0 radical (unpaired) electrons. The van der Waals surface area contributed by atoms with Crippen molar-refractivity contribution in [3.05, 3.63) is 77.8 Å². The van der Waals surface area contributed by atoms with Crippen LogP contribution < -0.4 is 4.90 Å². The minimum Gasteiger partial charge on any atom is -0.429 e. The number of anilines is 1. The number of ether oxygens (including phenoxy) is 1. The van der Waals surface area contributed by atoms with E-state index >= 15 is 0 Å². The molecule has 0 saturated heterocycles.